The van der Waals surface area contributed by atoms with Crippen LogP contribution in [0.25, 0.3) is 0 Å². The van der Waals surface area contributed by atoms with E-state index in [4.69, 9.17) is 4.74 Å². The summed E-state index contributed by atoms with van der Waals surface area (Å²) >= 11 is 1.75. The van der Waals surface area contributed by atoms with E-state index in [9.17, 15) is 0 Å². The second kappa shape index (κ2) is 7.36. The second-order valence-corrected chi connectivity index (χ2v) is 6.36. The van der Waals surface area contributed by atoms with Gasteiger partial charge in [-0.25, -0.2) is 4.98 Å². The summed E-state index contributed by atoms with van der Waals surface area (Å²) in [6.07, 6.45) is 10.5. The van der Waals surface area contributed by atoms with Gasteiger partial charge in [-0.2, -0.15) is 0 Å². The molecule has 2 rings (SSSR count). The second-order valence-electron chi connectivity index (χ2n) is 5.38. The number of hydrogen-bond donors (Lipinski definition) is 1. The third-order valence-corrected chi connectivity index (χ3v) is 5.03. The maximum absolute atomic E-state index is 6.27. The Kier molecular flexibility index (Phi) is 5.79. The molecule has 4 heteroatoms. The number of ether oxygens (including phenoxy) is 1. The molecule has 1 N–H and O–H groups in total. The summed E-state index contributed by atoms with van der Waals surface area (Å²) in [7, 11) is 2.06. The zero-order chi connectivity index (χ0) is 13.6. The number of nitrogens with zero attached hydrogens (tertiary/aromatic N) is 1. The first-order valence-corrected chi connectivity index (χ1v) is 8.38. The Morgan fingerprint density at radius 2 is 2.11 bits per heavy atom. The van der Waals surface area contributed by atoms with Crippen molar-refractivity contribution in [3.63, 3.8) is 0 Å². The Labute approximate surface area is 120 Å². The van der Waals surface area contributed by atoms with E-state index in [-0.39, 0.29) is 5.60 Å². The van der Waals surface area contributed by atoms with E-state index < -0.39 is 0 Å². The van der Waals surface area contributed by atoms with Gasteiger partial charge in [0.25, 0.3) is 0 Å². The van der Waals surface area contributed by atoms with Gasteiger partial charge in [-0.1, -0.05) is 25.7 Å². The quantitative estimate of drug-likeness (QED) is 0.812. The zero-order valence-electron chi connectivity index (χ0n) is 12.2. The highest BCUT2D eigenvalue weighted by molar-refractivity contribution is 7.09. The molecule has 1 aromatic rings. The number of aromatic nitrogens is 1. The van der Waals surface area contributed by atoms with Gasteiger partial charge < -0.3 is 10.1 Å². The first kappa shape index (κ1) is 14.9. The van der Waals surface area contributed by atoms with Crippen molar-refractivity contribution in [1.82, 2.24) is 10.3 Å². The third kappa shape index (κ3) is 3.77. The van der Waals surface area contributed by atoms with Crippen LogP contribution >= 0.6 is 11.3 Å². The molecule has 3 nitrogen and oxygen atoms in total. The molecule has 1 saturated carbocycles. The van der Waals surface area contributed by atoms with Crippen molar-refractivity contribution in [2.24, 2.45) is 0 Å². The molecule has 0 aromatic carbocycles. The fourth-order valence-corrected chi connectivity index (χ4v) is 3.95. The van der Waals surface area contributed by atoms with Crippen LogP contribution in [0.5, 0.6) is 0 Å². The van der Waals surface area contributed by atoms with Crippen molar-refractivity contribution < 1.29 is 4.74 Å². The first-order chi connectivity index (χ1) is 9.30. The third-order valence-electron chi connectivity index (χ3n) is 4.23. The van der Waals surface area contributed by atoms with Crippen LogP contribution in [-0.4, -0.2) is 30.3 Å². The lowest BCUT2D eigenvalue weighted by atomic mass is 9.84. The molecule has 1 aromatic heterocycles. The van der Waals surface area contributed by atoms with Crippen LogP contribution in [0.2, 0.25) is 0 Å². The van der Waals surface area contributed by atoms with Crippen molar-refractivity contribution in [3.8, 4) is 0 Å². The molecule has 0 aliphatic heterocycles. The predicted octanol–water partition coefficient (Wildman–Crippen LogP) is 3.40. The number of rotatable bonds is 6. The summed E-state index contributed by atoms with van der Waals surface area (Å²) in [5.74, 6) is 0. The van der Waals surface area contributed by atoms with Crippen molar-refractivity contribution in [1.29, 1.82) is 0 Å². The Bertz CT molecular complexity index is 345. The molecular weight excluding hydrogens is 256 g/mol. The normalized spacial score (nSPS) is 20.9. The van der Waals surface area contributed by atoms with Crippen LogP contribution in [-0.2, 0) is 11.2 Å². The molecule has 0 saturated heterocycles. The highest BCUT2D eigenvalue weighted by Crippen LogP contribution is 2.35. The van der Waals surface area contributed by atoms with E-state index in [1.807, 2.05) is 6.20 Å². The molecule has 108 valence electrons. The van der Waals surface area contributed by atoms with Crippen molar-refractivity contribution >= 4 is 11.3 Å². The van der Waals surface area contributed by atoms with Crippen molar-refractivity contribution in [2.45, 2.75) is 63.5 Å². The van der Waals surface area contributed by atoms with Gasteiger partial charge in [0.15, 0.2) is 0 Å². The largest absolute Gasteiger partial charge is 0.374 e. The van der Waals surface area contributed by atoms with Crippen LogP contribution in [0.15, 0.2) is 11.6 Å². The maximum Gasteiger partial charge on any atom is 0.0941 e. The Morgan fingerprint density at radius 1 is 1.37 bits per heavy atom. The van der Waals surface area contributed by atoms with E-state index in [2.05, 4.69) is 29.7 Å². The zero-order valence-corrected chi connectivity index (χ0v) is 13.0. The molecule has 0 radical (unpaired) electrons. The molecule has 1 heterocycles. The summed E-state index contributed by atoms with van der Waals surface area (Å²) in [5.41, 5.74) is 0.00562. The molecule has 19 heavy (non-hydrogen) atoms. The lowest BCUT2D eigenvalue weighted by Crippen LogP contribution is -2.52. The first-order valence-electron chi connectivity index (χ1n) is 7.50. The number of thiazole rings is 1. The minimum Gasteiger partial charge on any atom is -0.374 e. The summed E-state index contributed by atoms with van der Waals surface area (Å²) in [6.45, 7) is 2.92. The van der Waals surface area contributed by atoms with E-state index in [0.29, 0.717) is 6.04 Å². The van der Waals surface area contributed by atoms with E-state index >= 15 is 0 Å². The van der Waals surface area contributed by atoms with E-state index in [1.165, 1.54) is 43.5 Å². The van der Waals surface area contributed by atoms with Gasteiger partial charge in [0.1, 0.15) is 0 Å². The SMILES string of the molecule is CCOC1(C(Cc2nccs2)NC)CCCCCC1. The average molecular weight is 282 g/mol. The lowest BCUT2D eigenvalue weighted by Gasteiger charge is -2.40. The number of likely N-dealkylation sites (N-methyl/N-ethyl adjacent to an activating group) is 1. The predicted molar refractivity (Wildman–Crippen MR) is 80.7 cm³/mol. The smallest absolute Gasteiger partial charge is 0.0941 e. The van der Waals surface area contributed by atoms with Crippen LogP contribution < -0.4 is 5.32 Å². The number of nitrogens with one attached hydrogen (secondary N) is 1. The lowest BCUT2D eigenvalue weighted by molar-refractivity contribution is -0.0752. The molecular formula is C15H26N2OS. The van der Waals surface area contributed by atoms with Gasteiger partial charge in [0.2, 0.25) is 0 Å². The molecule has 0 amide bonds. The van der Waals surface area contributed by atoms with Crippen LogP contribution in [0, 0.1) is 0 Å². The van der Waals surface area contributed by atoms with Gasteiger partial charge in [-0.05, 0) is 26.8 Å². The minimum absolute atomic E-state index is 0.00562. The molecule has 1 fully saturated rings. The average Bonchev–Trinajstić information content (AvgIpc) is 2.82. The molecule has 0 bridgehead atoms. The van der Waals surface area contributed by atoms with Gasteiger partial charge in [0, 0.05) is 30.6 Å². The molecule has 1 unspecified atom stereocenters. The van der Waals surface area contributed by atoms with Gasteiger partial charge in [0.05, 0.1) is 10.6 Å². The standard InChI is InChI=1S/C15H26N2OS/c1-3-18-15(8-6-4-5-7-9-15)13(16-2)12-14-17-10-11-19-14/h10-11,13,16H,3-9,12H2,1-2H3. The molecule has 1 aliphatic carbocycles. The van der Waals surface area contributed by atoms with Crippen LogP contribution in [0.1, 0.15) is 50.5 Å². The fourth-order valence-electron chi connectivity index (χ4n) is 3.29. The van der Waals surface area contributed by atoms with E-state index in [0.717, 1.165) is 13.0 Å². The fraction of sp³-hybridized carbons (Fsp3) is 0.800. The Hall–Kier alpha value is -0.450. The molecule has 1 aliphatic rings. The Morgan fingerprint density at radius 3 is 2.63 bits per heavy atom. The number of hydrogen-bond acceptors (Lipinski definition) is 4. The maximum atomic E-state index is 6.27. The van der Waals surface area contributed by atoms with Crippen LogP contribution in [0.3, 0.4) is 0 Å². The summed E-state index contributed by atoms with van der Waals surface area (Å²) in [5, 5.41) is 6.77. The minimum atomic E-state index is 0.00562. The monoisotopic (exact) mass is 282 g/mol. The van der Waals surface area contributed by atoms with Crippen molar-refractivity contribution in [3.05, 3.63) is 16.6 Å². The molecule has 0 spiro atoms. The summed E-state index contributed by atoms with van der Waals surface area (Å²) in [4.78, 5) is 4.44. The topological polar surface area (TPSA) is 34.1 Å². The molecule has 1 atom stereocenters. The van der Waals surface area contributed by atoms with Crippen molar-refractivity contribution in [2.75, 3.05) is 13.7 Å². The summed E-state index contributed by atoms with van der Waals surface area (Å²) < 4.78 is 6.27. The summed E-state index contributed by atoms with van der Waals surface area (Å²) in [6, 6.07) is 0.372. The van der Waals surface area contributed by atoms with Gasteiger partial charge in [-0.15, -0.1) is 11.3 Å². The van der Waals surface area contributed by atoms with E-state index in [1.54, 1.807) is 11.3 Å². The van der Waals surface area contributed by atoms with Gasteiger partial charge >= 0.3 is 0 Å². The van der Waals surface area contributed by atoms with Crippen LogP contribution in [0.4, 0.5) is 0 Å². The van der Waals surface area contributed by atoms with Gasteiger partial charge in [-0.3, -0.25) is 0 Å². The Balaban J connectivity index is 2.13. The highest BCUT2D eigenvalue weighted by Gasteiger charge is 2.39. The highest BCUT2D eigenvalue weighted by atomic mass is 32.1.